The summed E-state index contributed by atoms with van der Waals surface area (Å²) in [6, 6.07) is 6.46. The molecule has 0 radical (unpaired) electrons. The van der Waals surface area contributed by atoms with E-state index in [2.05, 4.69) is 22.2 Å². The monoisotopic (exact) mass is 366 g/mol. The van der Waals surface area contributed by atoms with Gasteiger partial charge in [-0.05, 0) is 25.6 Å². The van der Waals surface area contributed by atoms with Crippen molar-refractivity contribution in [3.63, 3.8) is 0 Å². The smallest absolute Gasteiger partial charge is 0.269 e. The number of benzene rings is 1. The predicted molar refractivity (Wildman–Crippen MR) is 101 cm³/mol. The lowest BCUT2D eigenvalue weighted by Gasteiger charge is -2.32. The van der Waals surface area contributed by atoms with Gasteiger partial charge < -0.3 is 15.1 Å². The van der Waals surface area contributed by atoms with Crippen LogP contribution in [0.4, 0.5) is 5.69 Å². The van der Waals surface area contributed by atoms with Gasteiger partial charge in [-0.25, -0.2) is 0 Å². The van der Waals surface area contributed by atoms with Crippen molar-refractivity contribution in [1.29, 1.82) is 0 Å². The summed E-state index contributed by atoms with van der Waals surface area (Å²) in [5, 5.41) is 13.6. The molecule has 1 N–H and O–H groups in total. The molecular weight excluding hydrogens is 340 g/mol. The maximum absolute atomic E-state index is 11.8. The summed E-state index contributed by atoms with van der Waals surface area (Å²) < 4.78 is 0. The first-order valence-corrected chi connectivity index (χ1v) is 9.69. The third-order valence-electron chi connectivity index (χ3n) is 4.22. The van der Waals surface area contributed by atoms with E-state index in [0.29, 0.717) is 18.1 Å². The summed E-state index contributed by atoms with van der Waals surface area (Å²) in [5.41, 5.74) is 1.07. The third-order valence-corrected chi connectivity index (χ3v) is 5.22. The highest BCUT2D eigenvalue weighted by Gasteiger charge is 2.13. The van der Waals surface area contributed by atoms with E-state index in [1.165, 1.54) is 23.9 Å². The number of non-ortho nitro benzene ring substituents is 1. The number of piperazine rings is 1. The van der Waals surface area contributed by atoms with Crippen LogP contribution in [-0.2, 0) is 10.5 Å². The molecule has 7 nitrogen and oxygen atoms in total. The first-order chi connectivity index (χ1) is 12.0. The number of likely N-dealkylation sites (N-methyl/N-ethyl adjacent to an activating group) is 1. The SMILES string of the molecule is CN1CCN(CCCNC(=O)CSCc2ccc([N+](=O)[O-])cc2)CC1. The molecule has 1 aromatic carbocycles. The molecular formula is C17H26N4O3S. The zero-order chi connectivity index (χ0) is 18.1. The maximum Gasteiger partial charge on any atom is 0.269 e. The molecule has 1 amide bonds. The minimum Gasteiger partial charge on any atom is -0.355 e. The van der Waals surface area contributed by atoms with Gasteiger partial charge >= 0.3 is 0 Å². The van der Waals surface area contributed by atoms with Crippen LogP contribution in [0.15, 0.2) is 24.3 Å². The molecule has 138 valence electrons. The van der Waals surface area contributed by atoms with Crippen molar-refractivity contribution >= 4 is 23.4 Å². The summed E-state index contributed by atoms with van der Waals surface area (Å²) in [7, 11) is 2.14. The number of rotatable bonds is 9. The Bertz CT molecular complexity index is 560. The molecule has 0 aromatic heterocycles. The van der Waals surface area contributed by atoms with Gasteiger partial charge in [0.25, 0.3) is 5.69 Å². The molecule has 1 aliphatic rings. The predicted octanol–water partition coefficient (Wildman–Crippen LogP) is 1.58. The molecule has 8 heteroatoms. The maximum atomic E-state index is 11.8. The average molecular weight is 366 g/mol. The van der Waals surface area contributed by atoms with E-state index in [-0.39, 0.29) is 11.6 Å². The number of nitrogens with one attached hydrogen (secondary N) is 1. The zero-order valence-electron chi connectivity index (χ0n) is 14.6. The van der Waals surface area contributed by atoms with E-state index >= 15 is 0 Å². The number of hydrogen-bond donors (Lipinski definition) is 1. The summed E-state index contributed by atoms with van der Waals surface area (Å²) in [6.07, 6.45) is 0.975. The van der Waals surface area contributed by atoms with Gasteiger partial charge in [-0.2, -0.15) is 0 Å². The summed E-state index contributed by atoms with van der Waals surface area (Å²) in [5.74, 6) is 1.13. The molecule has 0 bridgehead atoms. The number of hydrogen-bond acceptors (Lipinski definition) is 6. The lowest BCUT2D eigenvalue weighted by atomic mass is 10.2. The van der Waals surface area contributed by atoms with Crippen LogP contribution < -0.4 is 5.32 Å². The van der Waals surface area contributed by atoms with Gasteiger partial charge in [-0.15, -0.1) is 11.8 Å². The first kappa shape index (κ1) is 19.7. The van der Waals surface area contributed by atoms with Crippen molar-refractivity contribution in [3.8, 4) is 0 Å². The Morgan fingerprint density at radius 3 is 2.56 bits per heavy atom. The van der Waals surface area contributed by atoms with Crippen molar-refractivity contribution in [2.24, 2.45) is 0 Å². The normalized spacial score (nSPS) is 15.9. The summed E-state index contributed by atoms with van der Waals surface area (Å²) >= 11 is 1.52. The molecule has 1 saturated heterocycles. The van der Waals surface area contributed by atoms with Gasteiger partial charge in [0.15, 0.2) is 0 Å². The van der Waals surface area contributed by atoms with Crippen LogP contribution in [0.5, 0.6) is 0 Å². The van der Waals surface area contributed by atoms with Crippen molar-refractivity contribution in [2.45, 2.75) is 12.2 Å². The minimum atomic E-state index is -0.410. The lowest BCUT2D eigenvalue weighted by molar-refractivity contribution is -0.384. The highest BCUT2D eigenvalue weighted by molar-refractivity contribution is 7.99. The van der Waals surface area contributed by atoms with E-state index in [1.54, 1.807) is 12.1 Å². The Labute approximate surface area is 152 Å². The number of nitro groups is 1. The number of thioether (sulfide) groups is 1. The van der Waals surface area contributed by atoms with Gasteiger partial charge in [0.1, 0.15) is 0 Å². The fourth-order valence-corrected chi connectivity index (χ4v) is 3.45. The number of nitrogens with zero attached hydrogens (tertiary/aromatic N) is 3. The Kier molecular flexibility index (Phi) is 8.17. The molecule has 1 aliphatic heterocycles. The fourth-order valence-electron chi connectivity index (χ4n) is 2.63. The van der Waals surface area contributed by atoms with Crippen LogP contribution in [0.2, 0.25) is 0 Å². The van der Waals surface area contributed by atoms with Crippen LogP contribution in [0.25, 0.3) is 0 Å². The van der Waals surface area contributed by atoms with Crippen LogP contribution in [0.3, 0.4) is 0 Å². The van der Waals surface area contributed by atoms with Crippen LogP contribution in [0, 0.1) is 10.1 Å². The summed E-state index contributed by atoms with van der Waals surface area (Å²) in [4.78, 5) is 26.8. The molecule has 1 aromatic rings. The van der Waals surface area contributed by atoms with Gasteiger partial charge in [0, 0.05) is 50.6 Å². The lowest BCUT2D eigenvalue weighted by Crippen LogP contribution is -2.45. The van der Waals surface area contributed by atoms with Gasteiger partial charge in [0.2, 0.25) is 5.91 Å². The third kappa shape index (κ3) is 7.41. The van der Waals surface area contributed by atoms with E-state index in [1.807, 2.05) is 0 Å². The molecule has 25 heavy (non-hydrogen) atoms. The molecule has 0 atom stereocenters. The number of nitro benzene ring substituents is 1. The molecule has 1 heterocycles. The Hall–Kier alpha value is -1.64. The molecule has 0 saturated carbocycles. The van der Waals surface area contributed by atoms with Crippen molar-refractivity contribution < 1.29 is 9.72 Å². The quantitative estimate of drug-likeness (QED) is 0.406. The number of amides is 1. The van der Waals surface area contributed by atoms with Crippen molar-refractivity contribution in [1.82, 2.24) is 15.1 Å². The second kappa shape index (κ2) is 10.4. The molecule has 0 spiro atoms. The topological polar surface area (TPSA) is 78.7 Å². The van der Waals surface area contributed by atoms with Gasteiger partial charge in [-0.1, -0.05) is 12.1 Å². The fraction of sp³-hybridized carbons (Fsp3) is 0.588. The highest BCUT2D eigenvalue weighted by Crippen LogP contribution is 2.16. The van der Waals surface area contributed by atoms with E-state index in [4.69, 9.17) is 0 Å². The van der Waals surface area contributed by atoms with Crippen LogP contribution >= 0.6 is 11.8 Å². The van der Waals surface area contributed by atoms with Gasteiger partial charge in [-0.3, -0.25) is 14.9 Å². The second-order valence-electron chi connectivity index (χ2n) is 6.26. The van der Waals surface area contributed by atoms with Crippen molar-refractivity contribution in [3.05, 3.63) is 39.9 Å². The first-order valence-electron chi connectivity index (χ1n) is 8.53. The van der Waals surface area contributed by atoms with Gasteiger partial charge in [0.05, 0.1) is 10.7 Å². The average Bonchev–Trinajstić information content (AvgIpc) is 2.61. The van der Waals surface area contributed by atoms with E-state index < -0.39 is 4.92 Å². The standard InChI is InChI=1S/C17H26N4O3S/c1-19-9-11-20(12-10-19)8-2-7-18-17(22)14-25-13-15-3-5-16(6-4-15)21(23)24/h3-6H,2,7-14H2,1H3,(H,18,22). The summed E-state index contributed by atoms with van der Waals surface area (Å²) in [6.45, 7) is 6.19. The van der Waals surface area contributed by atoms with Crippen LogP contribution in [-0.4, -0.2) is 72.7 Å². The molecule has 0 unspecified atom stereocenters. The molecule has 1 fully saturated rings. The molecule has 0 aliphatic carbocycles. The Morgan fingerprint density at radius 2 is 1.92 bits per heavy atom. The Morgan fingerprint density at radius 1 is 1.24 bits per heavy atom. The largest absolute Gasteiger partial charge is 0.355 e. The highest BCUT2D eigenvalue weighted by atomic mass is 32.2. The minimum absolute atomic E-state index is 0.0466. The van der Waals surface area contributed by atoms with E-state index in [9.17, 15) is 14.9 Å². The number of carbonyl (C=O) groups excluding carboxylic acids is 1. The zero-order valence-corrected chi connectivity index (χ0v) is 15.5. The Balaban J connectivity index is 1.53. The van der Waals surface area contributed by atoms with Crippen LogP contribution in [0.1, 0.15) is 12.0 Å². The number of carbonyl (C=O) groups is 1. The van der Waals surface area contributed by atoms with E-state index in [0.717, 1.165) is 44.7 Å². The molecule has 2 rings (SSSR count). The van der Waals surface area contributed by atoms with Crippen molar-refractivity contribution in [2.75, 3.05) is 52.1 Å². The second-order valence-corrected chi connectivity index (χ2v) is 7.25.